The van der Waals surface area contributed by atoms with Gasteiger partial charge in [0.25, 0.3) is 5.91 Å². The highest BCUT2D eigenvalue weighted by Crippen LogP contribution is 2.10. The van der Waals surface area contributed by atoms with Crippen molar-refractivity contribution in [2.45, 2.75) is 0 Å². The van der Waals surface area contributed by atoms with E-state index >= 15 is 0 Å². The lowest BCUT2D eigenvalue weighted by molar-refractivity contribution is 0.0958. The molecule has 1 heterocycles. The molecule has 5 nitrogen and oxygen atoms in total. The van der Waals surface area contributed by atoms with Crippen LogP contribution in [0.4, 0.5) is 0 Å². The van der Waals surface area contributed by atoms with Gasteiger partial charge in [0, 0.05) is 13.2 Å². The highest BCUT2D eigenvalue weighted by atomic mass is 16.3. The molecule has 1 radical (unpaired) electrons. The first-order valence-electron chi connectivity index (χ1n) is 2.68. The van der Waals surface area contributed by atoms with Crippen LogP contribution >= 0.6 is 0 Å². The van der Waals surface area contributed by atoms with Gasteiger partial charge < -0.3 is 5.32 Å². The van der Waals surface area contributed by atoms with Gasteiger partial charge in [-0.25, -0.2) is 0 Å². The Kier molecular flexibility index (Phi) is 1.57. The van der Waals surface area contributed by atoms with E-state index in [1.165, 1.54) is 13.2 Å². The molecule has 1 amide bonds. The number of rotatable bonds is 1. The fourth-order valence-corrected chi connectivity index (χ4v) is 0.575. The Bertz CT molecular complexity index is 243. The molecular weight excluding hydrogens is 134 g/mol. The first-order valence-corrected chi connectivity index (χ1v) is 2.68. The highest BCUT2D eigenvalue weighted by molar-refractivity contribution is 5.95. The monoisotopic (exact) mass is 140 g/mol. The van der Waals surface area contributed by atoms with E-state index in [4.69, 9.17) is 0 Å². The van der Waals surface area contributed by atoms with Gasteiger partial charge in [-0.2, -0.15) is 0 Å². The molecule has 1 aromatic heterocycles. The maximum absolute atomic E-state index is 10.7. The quantitative estimate of drug-likeness (QED) is 0.572. The minimum absolute atomic E-state index is 0.0440. The SMILES string of the molecule is CNC(=O)c1c[nH]nc1[O]. The number of carbonyl (C=O) groups excluding carboxylic acids is 1. The summed E-state index contributed by atoms with van der Waals surface area (Å²) in [5, 5.41) is 18.5. The molecule has 1 aromatic rings. The van der Waals surface area contributed by atoms with Crippen molar-refractivity contribution in [1.82, 2.24) is 15.5 Å². The molecule has 53 valence electrons. The minimum atomic E-state index is -0.528. The zero-order chi connectivity index (χ0) is 7.56. The van der Waals surface area contributed by atoms with Crippen LogP contribution in [0.25, 0.3) is 0 Å². The number of hydrogen-bond acceptors (Lipinski definition) is 2. The van der Waals surface area contributed by atoms with Crippen LogP contribution in [0, 0.1) is 0 Å². The Labute approximate surface area is 57.1 Å². The van der Waals surface area contributed by atoms with Crippen LogP contribution in [-0.2, 0) is 5.11 Å². The van der Waals surface area contributed by atoms with Gasteiger partial charge in [-0.1, -0.05) is 0 Å². The third-order valence-corrected chi connectivity index (χ3v) is 1.08. The number of hydrogen-bond donors (Lipinski definition) is 2. The van der Waals surface area contributed by atoms with E-state index in [9.17, 15) is 9.90 Å². The summed E-state index contributed by atoms with van der Waals surface area (Å²) in [7, 11) is 1.45. The molecule has 0 saturated heterocycles. The minimum Gasteiger partial charge on any atom is -0.355 e. The predicted molar refractivity (Wildman–Crippen MR) is 32.1 cm³/mol. The molecule has 1 rings (SSSR count). The fraction of sp³-hybridized carbons (Fsp3) is 0.200. The van der Waals surface area contributed by atoms with Gasteiger partial charge >= 0.3 is 5.88 Å². The van der Waals surface area contributed by atoms with Gasteiger partial charge in [-0.15, -0.1) is 5.10 Å². The van der Waals surface area contributed by atoms with Crippen LogP contribution in [0.2, 0.25) is 0 Å². The zero-order valence-corrected chi connectivity index (χ0v) is 5.34. The average molecular weight is 140 g/mol. The van der Waals surface area contributed by atoms with Crippen LogP contribution in [-0.4, -0.2) is 23.2 Å². The number of aromatic nitrogens is 2. The second-order valence-corrected chi connectivity index (χ2v) is 1.68. The fourth-order valence-electron chi connectivity index (χ4n) is 0.575. The van der Waals surface area contributed by atoms with E-state index in [0.29, 0.717) is 0 Å². The molecule has 0 saturated carbocycles. The van der Waals surface area contributed by atoms with Crippen LogP contribution in [0.1, 0.15) is 10.4 Å². The number of nitrogens with one attached hydrogen (secondary N) is 2. The molecule has 0 atom stereocenters. The maximum Gasteiger partial charge on any atom is 0.300 e. The Balaban J connectivity index is 2.93. The van der Waals surface area contributed by atoms with E-state index in [-0.39, 0.29) is 5.56 Å². The van der Waals surface area contributed by atoms with Crippen molar-refractivity contribution in [3.63, 3.8) is 0 Å². The predicted octanol–water partition coefficient (Wildman–Crippen LogP) is -0.0869. The van der Waals surface area contributed by atoms with Gasteiger partial charge in [0.15, 0.2) is 0 Å². The summed E-state index contributed by atoms with van der Waals surface area (Å²) >= 11 is 0. The summed E-state index contributed by atoms with van der Waals surface area (Å²) in [5.41, 5.74) is 0.0440. The summed E-state index contributed by atoms with van der Waals surface area (Å²) < 4.78 is 0. The van der Waals surface area contributed by atoms with E-state index in [2.05, 4.69) is 15.5 Å². The molecule has 0 bridgehead atoms. The Hall–Kier alpha value is -1.52. The van der Waals surface area contributed by atoms with Gasteiger partial charge in [-0.3, -0.25) is 15.0 Å². The smallest absolute Gasteiger partial charge is 0.300 e. The van der Waals surface area contributed by atoms with Crippen LogP contribution < -0.4 is 5.32 Å². The first kappa shape index (κ1) is 6.60. The first-order chi connectivity index (χ1) is 4.75. The second-order valence-electron chi connectivity index (χ2n) is 1.68. The van der Waals surface area contributed by atoms with Gasteiger partial charge in [0.1, 0.15) is 5.56 Å². The van der Waals surface area contributed by atoms with Gasteiger partial charge in [0.05, 0.1) is 0 Å². The van der Waals surface area contributed by atoms with E-state index in [1.807, 2.05) is 0 Å². The maximum atomic E-state index is 10.7. The van der Waals surface area contributed by atoms with Crippen LogP contribution in [0.15, 0.2) is 6.20 Å². The summed E-state index contributed by atoms with van der Waals surface area (Å²) in [6, 6.07) is 0. The Morgan fingerprint density at radius 2 is 2.50 bits per heavy atom. The largest absolute Gasteiger partial charge is 0.355 e. The normalized spacial score (nSPS) is 9.30. The third-order valence-electron chi connectivity index (χ3n) is 1.08. The molecule has 0 aromatic carbocycles. The van der Waals surface area contributed by atoms with Crippen molar-refractivity contribution in [2.75, 3.05) is 7.05 Å². The molecular formula is C5H6N3O2. The zero-order valence-electron chi connectivity index (χ0n) is 5.34. The van der Waals surface area contributed by atoms with Crippen molar-refractivity contribution >= 4 is 5.91 Å². The third kappa shape index (κ3) is 0.928. The topological polar surface area (TPSA) is 77.7 Å². The number of H-pyrrole nitrogens is 1. The summed E-state index contributed by atoms with van der Waals surface area (Å²) in [4.78, 5) is 10.7. The molecule has 10 heavy (non-hydrogen) atoms. The molecule has 5 heteroatoms. The number of amides is 1. The van der Waals surface area contributed by atoms with Crippen LogP contribution in [0.3, 0.4) is 0 Å². The molecule has 0 spiro atoms. The van der Waals surface area contributed by atoms with Crippen molar-refractivity contribution in [1.29, 1.82) is 0 Å². The molecule has 0 fully saturated rings. The van der Waals surface area contributed by atoms with Crippen molar-refractivity contribution in [3.8, 4) is 5.88 Å². The standard InChI is InChI=1S/C5H6N3O2/c1-6-4(9)3-2-7-8-5(3)10/h2H,1H3,(H,6,9)(H,7,8). The van der Waals surface area contributed by atoms with Gasteiger partial charge in [-0.05, 0) is 0 Å². The highest BCUT2D eigenvalue weighted by Gasteiger charge is 2.12. The summed E-state index contributed by atoms with van der Waals surface area (Å²) in [5.74, 6) is -0.946. The summed E-state index contributed by atoms with van der Waals surface area (Å²) in [6.07, 6.45) is 1.27. The molecule has 0 aliphatic heterocycles. The average Bonchev–Trinajstić information content (AvgIpc) is 2.34. The van der Waals surface area contributed by atoms with Crippen molar-refractivity contribution < 1.29 is 9.90 Å². The second kappa shape index (κ2) is 2.38. The molecule has 0 aliphatic rings. The van der Waals surface area contributed by atoms with E-state index < -0.39 is 11.8 Å². The Morgan fingerprint density at radius 3 is 2.90 bits per heavy atom. The lowest BCUT2D eigenvalue weighted by Crippen LogP contribution is -2.16. The molecule has 2 N–H and O–H groups in total. The number of carbonyl (C=O) groups is 1. The summed E-state index contributed by atoms with van der Waals surface area (Å²) in [6.45, 7) is 0. The van der Waals surface area contributed by atoms with E-state index in [1.54, 1.807) is 0 Å². The van der Waals surface area contributed by atoms with Crippen LogP contribution in [0.5, 0.6) is 5.88 Å². The van der Waals surface area contributed by atoms with E-state index in [0.717, 1.165) is 0 Å². The lowest BCUT2D eigenvalue weighted by Gasteiger charge is -1.90. The lowest BCUT2D eigenvalue weighted by atomic mass is 10.3. The van der Waals surface area contributed by atoms with Crippen molar-refractivity contribution in [3.05, 3.63) is 11.8 Å². The van der Waals surface area contributed by atoms with Crippen molar-refractivity contribution in [2.24, 2.45) is 0 Å². The number of nitrogens with zero attached hydrogens (tertiary/aromatic N) is 1. The molecule has 0 aliphatic carbocycles. The number of aromatic amines is 1. The van der Waals surface area contributed by atoms with Gasteiger partial charge in [0.2, 0.25) is 0 Å². The molecule has 0 unspecified atom stereocenters. The Morgan fingerprint density at radius 1 is 1.80 bits per heavy atom.